The minimum atomic E-state index is -0.423. The number of amides is 3. The molecule has 2 aliphatic rings. The SMILES string of the molecule is CC(=O)NC1=N/C(=C2/CCNC(=O)c3[nH]c(Br)c(Br)c32)C(=O)N1. The summed E-state index contributed by atoms with van der Waals surface area (Å²) in [6.45, 7) is 1.70. The van der Waals surface area contributed by atoms with Crippen LogP contribution in [0.1, 0.15) is 29.4 Å². The molecule has 1 aromatic rings. The van der Waals surface area contributed by atoms with Gasteiger partial charge in [-0.15, -0.1) is 0 Å². The maximum atomic E-state index is 12.2. The van der Waals surface area contributed by atoms with Gasteiger partial charge in [0.2, 0.25) is 11.9 Å². The average Bonchev–Trinajstić information content (AvgIpc) is 2.90. The van der Waals surface area contributed by atoms with Crippen LogP contribution >= 0.6 is 31.9 Å². The van der Waals surface area contributed by atoms with E-state index in [0.717, 1.165) is 0 Å². The van der Waals surface area contributed by atoms with Gasteiger partial charge in [0.25, 0.3) is 11.8 Å². The van der Waals surface area contributed by atoms with Crippen LogP contribution in [0.5, 0.6) is 0 Å². The summed E-state index contributed by atoms with van der Waals surface area (Å²) in [5.41, 5.74) is 1.73. The number of nitrogens with one attached hydrogen (secondary N) is 4. The molecule has 0 saturated heterocycles. The fraction of sp³-hybridized carbons (Fsp3) is 0.231. The second-order valence-electron chi connectivity index (χ2n) is 4.93. The predicted molar refractivity (Wildman–Crippen MR) is 89.5 cm³/mol. The number of rotatable bonds is 0. The number of H-pyrrole nitrogens is 1. The van der Waals surface area contributed by atoms with Crippen LogP contribution < -0.4 is 16.0 Å². The molecule has 3 heterocycles. The second kappa shape index (κ2) is 5.93. The topological polar surface area (TPSA) is 115 Å². The van der Waals surface area contributed by atoms with Gasteiger partial charge in [-0.3, -0.25) is 25.0 Å². The van der Waals surface area contributed by atoms with Crippen molar-refractivity contribution in [3.63, 3.8) is 0 Å². The van der Waals surface area contributed by atoms with Crippen LogP contribution in [0.25, 0.3) is 5.57 Å². The summed E-state index contributed by atoms with van der Waals surface area (Å²) < 4.78 is 1.24. The number of aliphatic imine (C=N–C) groups is 1. The quantitative estimate of drug-likeness (QED) is 0.447. The highest BCUT2D eigenvalue weighted by Gasteiger charge is 2.31. The molecule has 0 aliphatic carbocycles. The lowest BCUT2D eigenvalue weighted by atomic mass is 10.0. The molecular formula is C13H11Br2N5O3. The fourth-order valence-corrected chi connectivity index (χ4v) is 3.37. The molecular weight excluding hydrogens is 434 g/mol. The van der Waals surface area contributed by atoms with Crippen molar-refractivity contribution in [2.24, 2.45) is 4.99 Å². The molecule has 3 amide bonds. The highest BCUT2D eigenvalue weighted by atomic mass is 79.9. The summed E-state index contributed by atoms with van der Waals surface area (Å²) >= 11 is 6.75. The molecule has 10 heteroatoms. The van der Waals surface area contributed by atoms with Crippen LogP contribution in [-0.4, -0.2) is 35.2 Å². The number of guanidine groups is 1. The molecule has 0 atom stereocenters. The highest BCUT2D eigenvalue weighted by Crippen LogP contribution is 2.39. The van der Waals surface area contributed by atoms with Crippen LogP contribution in [0.2, 0.25) is 0 Å². The van der Waals surface area contributed by atoms with E-state index in [0.29, 0.717) is 38.9 Å². The van der Waals surface area contributed by atoms with E-state index in [1.165, 1.54) is 6.92 Å². The number of fused-ring (bicyclic) bond motifs is 1. The van der Waals surface area contributed by atoms with E-state index >= 15 is 0 Å². The molecule has 0 aromatic carbocycles. The van der Waals surface area contributed by atoms with Gasteiger partial charge in [0.05, 0.1) is 9.08 Å². The normalized spacial score (nSPS) is 20.4. The van der Waals surface area contributed by atoms with E-state index < -0.39 is 5.91 Å². The lowest BCUT2D eigenvalue weighted by molar-refractivity contribution is -0.117. The zero-order valence-corrected chi connectivity index (χ0v) is 15.0. The monoisotopic (exact) mass is 443 g/mol. The number of carbonyl (C=O) groups excluding carboxylic acids is 3. The summed E-state index contributed by atoms with van der Waals surface area (Å²) in [6.07, 6.45) is 0.432. The Morgan fingerprint density at radius 2 is 2.00 bits per heavy atom. The van der Waals surface area contributed by atoms with Gasteiger partial charge in [-0.1, -0.05) is 0 Å². The predicted octanol–water partition coefficient (Wildman–Crippen LogP) is 1.01. The third kappa shape index (κ3) is 2.83. The van der Waals surface area contributed by atoms with Crippen molar-refractivity contribution in [3.8, 4) is 0 Å². The van der Waals surface area contributed by atoms with Crippen molar-refractivity contribution in [2.75, 3.05) is 6.54 Å². The Balaban J connectivity index is 2.17. The molecule has 1 aromatic heterocycles. The van der Waals surface area contributed by atoms with Crippen molar-refractivity contribution in [2.45, 2.75) is 13.3 Å². The summed E-state index contributed by atoms with van der Waals surface area (Å²) in [4.78, 5) is 42.5. The second-order valence-corrected chi connectivity index (χ2v) is 6.52. The molecule has 0 unspecified atom stereocenters. The van der Waals surface area contributed by atoms with Gasteiger partial charge in [0.15, 0.2) is 0 Å². The third-order valence-electron chi connectivity index (χ3n) is 3.34. The first kappa shape index (κ1) is 15.9. The van der Waals surface area contributed by atoms with Crippen molar-refractivity contribution >= 4 is 61.1 Å². The van der Waals surface area contributed by atoms with Gasteiger partial charge >= 0.3 is 0 Å². The number of nitrogens with zero attached hydrogens (tertiary/aromatic N) is 1. The molecule has 8 nitrogen and oxygen atoms in total. The number of hydrogen-bond acceptors (Lipinski definition) is 4. The van der Waals surface area contributed by atoms with Crippen LogP contribution in [0.15, 0.2) is 19.8 Å². The standard InChI is InChI=1S/C13H11Br2N5O3/c1-4(21)17-13-19-8(12(23)20-13)5-2-3-16-11(22)9-6(5)7(14)10(15)18-9/h18H,2-3H2,1H3,(H,16,22)(H2,17,19,20,21,23)/b8-5-. The van der Waals surface area contributed by atoms with E-state index in [9.17, 15) is 14.4 Å². The number of halogens is 2. The third-order valence-corrected chi connectivity index (χ3v) is 5.26. The Labute approximate surface area is 147 Å². The lowest BCUT2D eigenvalue weighted by Crippen LogP contribution is -2.38. The molecule has 0 fully saturated rings. The van der Waals surface area contributed by atoms with Crippen LogP contribution in [0.3, 0.4) is 0 Å². The molecule has 23 heavy (non-hydrogen) atoms. The number of aromatic nitrogens is 1. The number of hydrogen-bond donors (Lipinski definition) is 4. The Hall–Kier alpha value is -1.94. The van der Waals surface area contributed by atoms with Crippen molar-refractivity contribution in [3.05, 3.63) is 26.0 Å². The van der Waals surface area contributed by atoms with Crippen molar-refractivity contribution < 1.29 is 14.4 Å². The Kier molecular flexibility index (Phi) is 4.11. The molecule has 0 bridgehead atoms. The van der Waals surface area contributed by atoms with Gasteiger partial charge in [0, 0.05) is 19.0 Å². The lowest BCUT2D eigenvalue weighted by Gasteiger charge is -2.06. The zero-order chi connectivity index (χ0) is 16.7. The van der Waals surface area contributed by atoms with E-state index in [2.05, 4.69) is 57.8 Å². The fourth-order valence-electron chi connectivity index (χ4n) is 2.44. The van der Waals surface area contributed by atoms with E-state index in [4.69, 9.17) is 0 Å². The minimum Gasteiger partial charge on any atom is -0.350 e. The molecule has 120 valence electrons. The van der Waals surface area contributed by atoms with E-state index in [-0.39, 0.29) is 23.5 Å². The number of carbonyl (C=O) groups is 3. The van der Waals surface area contributed by atoms with Crippen LogP contribution in [-0.2, 0) is 9.59 Å². The molecule has 0 saturated carbocycles. The summed E-state index contributed by atoms with van der Waals surface area (Å²) in [5.74, 6) is -0.931. The number of aromatic amines is 1. The maximum absolute atomic E-state index is 12.2. The Morgan fingerprint density at radius 1 is 1.26 bits per heavy atom. The van der Waals surface area contributed by atoms with Crippen molar-refractivity contribution in [1.82, 2.24) is 20.9 Å². The first-order chi connectivity index (χ1) is 10.9. The summed E-state index contributed by atoms with van der Waals surface area (Å²) in [6, 6.07) is 0. The van der Waals surface area contributed by atoms with Gasteiger partial charge < -0.3 is 10.3 Å². The van der Waals surface area contributed by atoms with E-state index in [1.54, 1.807) is 0 Å². The van der Waals surface area contributed by atoms with Crippen LogP contribution in [0, 0.1) is 0 Å². The van der Waals surface area contributed by atoms with Crippen molar-refractivity contribution in [1.29, 1.82) is 0 Å². The van der Waals surface area contributed by atoms with Gasteiger partial charge in [0.1, 0.15) is 11.4 Å². The molecule has 0 spiro atoms. The largest absolute Gasteiger partial charge is 0.350 e. The summed E-state index contributed by atoms with van der Waals surface area (Å²) in [5, 5.41) is 7.70. The van der Waals surface area contributed by atoms with E-state index in [1.807, 2.05) is 0 Å². The highest BCUT2D eigenvalue weighted by molar-refractivity contribution is 9.13. The summed E-state index contributed by atoms with van der Waals surface area (Å²) in [7, 11) is 0. The molecule has 3 rings (SSSR count). The first-order valence-corrected chi connectivity index (χ1v) is 8.23. The maximum Gasteiger partial charge on any atom is 0.277 e. The Bertz CT molecular complexity index is 809. The van der Waals surface area contributed by atoms with Gasteiger partial charge in [-0.05, 0) is 43.9 Å². The minimum absolute atomic E-state index is 0.0841. The van der Waals surface area contributed by atoms with Crippen LogP contribution in [0.4, 0.5) is 0 Å². The molecule has 0 radical (unpaired) electrons. The van der Waals surface area contributed by atoms with Gasteiger partial charge in [-0.2, -0.15) is 0 Å². The average molecular weight is 445 g/mol. The molecule has 4 N–H and O–H groups in total. The van der Waals surface area contributed by atoms with Gasteiger partial charge in [-0.25, -0.2) is 4.99 Å². The molecule has 2 aliphatic heterocycles. The smallest absolute Gasteiger partial charge is 0.277 e. The Morgan fingerprint density at radius 3 is 2.70 bits per heavy atom. The zero-order valence-electron chi connectivity index (χ0n) is 11.8. The first-order valence-electron chi connectivity index (χ1n) is 6.64.